The highest BCUT2D eigenvalue weighted by molar-refractivity contribution is 5.92. The SMILES string of the molecule is CCN(CC)C/C=C/C(=O)N1Cc2ncc(C(C)=O)n2C(C)C1. The number of carbonyl (C=O) groups excluding carboxylic acids is 2. The standard InChI is InChI=1S/C17H26N4O2/c1-5-19(6-2)9-7-8-17(23)20-11-13(3)21-15(14(4)22)10-18-16(21)12-20/h7-8,10,13H,5-6,9,11-12H2,1-4H3/b8-7+. The molecule has 0 radical (unpaired) electrons. The fourth-order valence-electron chi connectivity index (χ4n) is 2.96. The molecule has 0 fully saturated rings. The van der Waals surface area contributed by atoms with E-state index in [0.29, 0.717) is 18.8 Å². The Bertz CT molecular complexity index is 602. The average Bonchev–Trinajstić information content (AvgIpc) is 2.96. The average molecular weight is 318 g/mol. The number of carbonyl (C=O) groups is 2. The third kappa shape index (κ3) is 3.88. The molecule has 6 heteroatoms. The van der Waals surface area contributed by atoms with Crippen LogP contribution in [0.15, 0.2) is 18.3 Å². The van der Waals surface area contributed by atoms with Crippen molar-refractivity contribution in [2.24, 2.45) is 0 Å². The van der Waals surface area contributed by atoms with Crippen LogP contribution in [0.2, 0.25) is 0 Å². The van der Waals surface area contributed by atoms with E-state index in [1.165, 1.54) is 0 Å². The van der Waals surface area contributed by atoms with Crippen LogP contribution in [0.5, 0.6) is 0 Å². The summed E-state index contributed by atoms with van der Waals surface area (Å²) in [4.78, 5) is 32.4. The largest absolute Gasteiger partial charge is 0.330 e. The Morgan fingerprint density at radius 3 is 2.70 bits per heavy atom. The minimum absolute atomic E-state index is 0.00244. The fraction of sp³-hybridized carbons (Fsp3) is 0.588. The van der Waals surface area contributed by atoms with Crippen LogP contribution in [0.3, 0.4) is 0 Å². The van der Waals surface area contributed by atoms with E-state index in [9.17, 15) is 9.59 Å². The van der Waals surface area contributed by atoms with Gasteiger partial charge in [0.05, 0.1) is 18.8 Å². The maximum absolute atomic E-state index is 12.4. The lowest BCUT2D eigenvalue weighted by Crippen LogP contribution is -2.40. The number of ketones is 1. The second-order valence-corrected chi connectivity index (χ2v) is 5.94. The number of hydrogen-bond acceptors (Lipinski definition) is 4. The maximum Gasteiger partial charge on any atom is 0.246 e. The number of nitrogens with zero attached hydrogens (tertiary/aromatic N) is 4. The van der Waals surface area contributed by atoms with Gasteiger partial charge in [-0.2, -0.15) is 0 Å². The van der Waals surface area contributed by atoms with Crippen LogP contribution >= 0.6 is 0 Å². The van der Waals surface area contributed by atoms with Gasteiger partial charge in [-0.05, 0) is 20.0 Å². The van der Waals surface area contributed by atoms with Gasteiger partial charge in [0.15, 0.2) is 5.78 Å². The number of rotatable bonds is 6. The van der Waals surface area contributed by atoms with Crippen molar-refractivity contribution >= 4 is 11.7 Å². The lowest BCUT2D eigenvalue weighted by Gasteiger charge is -2.32. The number of hydrogen-bond donors (Lipinski definition) is 0. The summed E-state index contributed by atoms with van der Waals surface area (Å²) in [7, 11) is 0. The van der Waals surface area contributed by atoms with Crippen molar-refractivity contribution in [3.63, 3.8) is 0 Å². The summed E-state index contributed by atoms with van der Waals surface area (Å²) in [5.74, 6) is 0.788. The highest BCUT2D eigenvalue weighted by Gasteiger charge is 2.28. The van der Waals surface area contributed by atoms with Crippen molar-refractivity contribution in [3.05, 3.63) is 29.9 Å². The molecule has 0 spiro atoms. The number of imidazole rings is 1. The number of fused-ring (bicyclic) bond motifs is 1. The van der Waals surface area contributed by atoms with Gasteiger partial charge in [0.1, 0.15) is 11.5 Å². The van der Waals surface area contributed by atoms with Gasteiger partial charge in [-0.15, -0.1) is 0 Å². The van der Waals surface area contributed by atoms with E-state index in [2.05, 4.69) is 23.7 Å². The zero-order valence-corrected chi connectivity index (χ0v) is 14.5. The van der Waals surface area contributed by atoms with Crippen LogP contribution < -0.4 is 0 Å². The molecule has 23 heavy (non-hydrogen) atoms. The molecular weight excluding hydrogens is 292 g/mol. The molecule has 6 nitrogen and oxygen atoms in total. The summed E-state index contributed by atoms with van der Waals surface area (Å²) < 4.78 is 1.95. The first-order valence-corrected chi connectivity index (χ1v) is 8.22. The molecule has 0 saturated carbocycles. The molecule has 0 saturated heterocycles. The Labute approximate surface area is 137 Å². The van der Waals surface area contributed by atoms with Crippen molar-refractivity contribution in [1.82, 2.24) is 19.4 Å². The molecule has 2 rings (SSSR count). The Balaban J connectivity index is 2.04. The van der Waals surface area contributed by atoms with E-state index in [0.717, 1.165) is 25.5 Å². The van der Waals surface area contributed by atoms with Gasteiger partial charge in [-0.25, -0.2) is 4.98 Å². The van der Waals surface area contributed by atoms with E-state index in [1.807, 2.05) is 17.6 Å². The fourth-order valence-corrected chi connectivity index (χ4v) is 2.96. The second kappa shape index (κ2) is 7.55. The molecule has 1 amide bonds. The molecule has 0 aliphatic carbocycles. The Morgan fingerprint density at radius 2 is 2.09 bits per heavy atom. The molecule has 1 aromatic rings. The Hall–Kier alpha value is -1.95. The minimum Gasteiger partial charge on any atom is -0.330 e. The lowest BCUT2D eigenvalue weighted by molar-refractivity contribution is -0.128. The van der Waals surface area contributed by atoms with E-state index in [-0.39, 0.29) is 17.7 Å². The molecule has 1 aliphatic rings. The van der Waals surface area contributed by atoms with Crippen molar-refractivity contribution in [2.45, 2.75) is 40.3 Å². The van der Waals surface area contributed by atoms with Gasteiger partial charge in [0.2, 0.25) is 5.91 Å². The van der Waals surface area contributed by atoms with E-state index < -0.39 is 0 Å². The maximum atomic E-state index is 12.4. The third-order valence-corrected chi connectivity index (χ3v) is 4.32. The molecule has 0 aromatic carbocycles. The summed E-state index contributed by atoms with van der Waals surface area (Å²) in [6.07, 6.45) is 5.18. The number of Topliss-reactive ketones (excluding diaryl/α,β-unsaturated/α-hetero) is 1. The van der Waals surface area contributed by atoms with E-state index in [4.69, 9.17) is 0 Å². The molecule has 0 bridgehead atoms. The van der Waals surface area contributed by atoms with E-state index in [1.54, 1.807) is 24.1 Å². The molecule has 1 atom stereocenters. The molecule has 1 aromatic heterocycles. The zero-order valence-electron chi connectivity index (χ0n) is 14.5. The van der Waals surface area contributed by atoms with Crippen molar-refractivity contribution in [3.8, 4) is 0 Å². The second-order valence-electron chi connectivity index (χ2n) is 5.94. The highest BCUT2D eigenvalue weighted by Crippen LogP contribution is 2.23. The first-order valence-electron chi connectivity index (χ1n) is 8.22. The Morgan fingerprint density at radius 1 is 1.39 bits per heavy atom. The van der Waals surface area contributed by atoms with Crippen molar-refractivity contribution < 1.29 is 9.59 Å². The van der Waals surface area contributed by atoms with Gasteiger partial charge in [-0.1, -0.05) is 19.9 Å². The van der Waals surface area contributed by atoms with Crippen LogP contribution in [-0.4, -0.2) is 57.2 Å². The lowest BCUT2D eigenvalue weighted by atomic mass is 10.2. The predicted molar refractivity (Wildman–Crippen MR) is 89.3 cm³/mol. The molecule has 1 unspecified atom stereocenters. The monoisotopic (exact) mass is 318 g/mol. The molecule has 2 heterocycles. The van der Waals surface area contributed by atoms with Gasteiger partial charge < -0.3 is 14.4 Å². The van der Waals surface area contributed by atoms with Gasteiger partial charge in [0, 0.05) is 26.1 Å². The summed E-state index contributed by atoms with van der Waals surface area (Å²) in [6.45, 7) is 11.6. The van der Waals surface area contributed by atoms with Crippen LogP contribution in [0.1, 0.15) is 50.0 Å². The highest BCUT2D eigenvalue weighted by atomic mass is 16.2. The number of likely N-dealkylation sites (N-methyl/N-ethyl adjacent to an activating group) is 1. The molecule has 126 valence electrons. The van der Waals surface area contributed by atoms with Crippen LogP contribution in [0.25, 0.3) is 0 Å². The number of aromatic nitrogens is 2. The minimum atomic E-state index is 0.00244. The molecular formula is C17H26N4O2. The molecule has 0 N–H and O–H groups in total. The van der Waals surface area contributed by atoms with Gasteiger partial charge in [0.25, 0.3) is 0 Å². The van der Waals surface area contributed by atoms with Crippen molar-refractivity contribution in [1.29, 1.82) is 0 Å². The first-order chi connectivity index (χ1) is 11.0. The summed E-state index contributed by atoms with van der Waals surface area (Å²) in [5, 5.41) is 0. The van der Waals surface area contributed by atoms with Gasteiger partial charge >= 0.3 is 0 Å². The number of amides is 1. The first kappa shape index (κ1) is 17.4. The summed E-state index contributed by atoms with van der Waals surface area (Å²) in [5.41, 5.74) is 0.622. The van der Waals surface area contributed by atoms with Gasteiger partial charge in [-0.3, -0.25) is 9.59 Å². The molecule has 1 aliphatic heterocycles. The zero-order chi connectivity index (χ0) is 17.0. The van der Waals surface area contributed by atoms with Crippen LogP contribution in [-0.2, 0) is 11.3 Å². The van der Waals surface area contributed by atoms with Crippen molar-refractivity contribution in [2.75, 3.05) is 26.2 Å². The predicted octanol–water partition coefficient (Wildman–Crippen LogP) is 1.89. The normalized spacial score (nSPS) is 17.8. The third-order valence-electron chi connectivity index (χ3n) is 4.32. The van der Waals surface area contributed by atoms with E-state index >= 15 is 0 Å². The smallest absolute Gasteiger partial charge is 0.246 e. The Kier molecular flexibility index (Phi) is 5.71. The summed E-state index contributed by atoms with van der Waals surface area (Å²) >= 11 is 0. The quantitative estimate of drug-likeness (QED) is 0.594. The summed E-state index contributed by atoms with van der Waals surface area (Å²) in [6, 6.07) is 0.0558. The van der Waals surface area contributed by atoms with Crippen LogP contribution in [0.4, 0.5) is 0 Å². The van der Waals surface area contributed by atoms with Crippen LogP contribution in [0, 0.1) is 0 Å². The topological polar surface area (TPSA) is 58.4 Å².